The van der Waals surface area contributed by atoms with Crippen LogP contribution in [0.5, 0.6) is 11.5 Å². The number of nitrogens with zero attached hydrogens (tertiary/aromatic N) is 2. The van der Waals surface area contributed by atoms with Gasteiger partial charge in [-0.2, -0.15) is 0 Å². The van der Waals surface area contributed by atoms with Crippen LogP contribution in [0.2, 0.25) is 0 Å². The lowest BCUT2D eigenvalue weighted by Crippen LogP contribution is -2.48. The van der Waals surface area contributed by atoms with Crippen LogP contribution in [0, 0.1) is 16.0 Å². The number of nitro groups is 1. The molecule has 7 heteroatoms. The number of non-ortho nitro benzene ring substituents is 1. The van der Waals surface area contributed by atoms with Gasteiger partial charge in [0.1, 0.15) is 11.5 Å². The highest BCUT2D eigenvalue weighted by molar-refractivity contribution is 6.00. The van der Waals surface area contributed by atoms with Crippen LogP contribution < -0.4 is 14.4 Å². The Bertz CT molecular complexity index is 879. The SMILES string of the molecule is CCc1ccc(OCCCN2C(=O)C(C(C)C)Oc3ccc([N+](=O)[O-])cc32)cc1. The van der Waals surface area contributed by atoms with Gasteiger partial charge >= 0.3 is 0 Å². The smallest absolute Gasteiger partial charge is 0.271 e. The molecule has 2 aromatic carbocycles. The van der Waals surface area contributed by atoms with E-state index >= 15 is 0 Å². The Morgan fingerprint density at radius 2 is 1.93 bits per heavy atom. The molecule has 7 nitrogen and oxygen atoms in total. The van der Waals surface area contributed by atoms with E-state index in [1.54, 1.807) is 11.0 Å². The molecule has 29 heavy (non-hydrogen) atoms. The molecule has 1 unspecified atom stereocenters. The maximum absolute atomic E-state index is 12.9. The molecule has 3 rings (SSSR count). The molecule has 1 atom stereocenters. The first-order chi connectivity index (χ1) is 13.9. The largest absolute Gasteiger partial charge is 0.494 e. The molecule has 1 aliphatic rings. The predicted molar refractivity (Wildman–Crippen MR) is 111 cm³/mol. The zero-order valence-electron chi connectivity index (χ0n) is 17.0. The number of aryl methyl sites for hydroxylation is 1. The average Bonchev–Trinajstić information content (AvgIpc) is 2.71. The fourth-order valence-corrected chi connectivity index (χ4v) is 3.28. The predicted octanol–water partition coefficient (Wildman–Crippen LogP) is 4.38. The number of anilines is 1. The monoisotopic (exact) mass is 398 g/mol. The van der Waals surface area contributed by atoms with E-state index in [9.17, 15) is 14.9 Å². The molecule has 1 amide bonds. The van der Waals surface area contributed by atoms with Crippen molar-refractivity contribution in [2.75, 3.05) is 18.1 Å². The molecule has 0 saturated carbocycles. The van der Waals surface area contributed by atoms with Crippen molar-refractivity contribution < 1.29 is 19.2 Å². The van der Waals surface area contributed by atoms with Crippen molar-refractivity contribution in [1.82, 2.24) is 0 Å². The Labute approximate surface area is 170 Å². The Morgan fingerprint density at radius 3 is 2.55 bits per heavy atom. The third-order valence-corrected chi connectivity index (χ3v) is 4.94. The topological polar surface area (TPSA) is 81.9 Å². The van der Waals surface area contributed by atoms with Gasteiger partial charge in [0.15, 0.2) is 6.10 Å². The molecular formula is C22H26N2O5. The highest BCUT2D eigenvalue weighted by Crippen LogP contribution is 2.38. The third-order valence-electron chi connectivity index (χ3n) is 4.94. The van der Waals surface area contributed by atoms with Crippen LogP contribution in [0.4, 0.5) is 11.4 Å². The van der Waals surface area contributed by atoms with E-state index in [1.165, 1.54) is 17.7 Å². The first kappa shape index (κ1) is 20.6. The number of ether oxygens (including phenoxy) is 2. The number of hydrogen-bond acceptors (Lipinski definition) is 5. The lowest BCUT2D eigenvalue weighted by molar-refractivity contribution is -0.384. The molecule has 0 saturated heterocycles. The van der Waals surface area contributed by atoms with Gasteiger partial charge < -0.3 is 14.4 Å². The highest BCUT2D eigenvalue weighted by Gasteiger charge is 2.36. The second-order valence-corrected chi connectivity index (χ2v) is 7.38. The summed E-state index contributed by atoms with van der Waals surface area (Å²) in [5.74, 6) is 1.08. The molecule has 0 spiro atoms. The molecular weight excluding hydrogens is 372 g/mol. The zero-order chi connectivity index (χ0) is 21.0. The van der Waals surface area contributed by atoms with Crippen LogP contribution in [0.25, 0.3) is 0 Å². The maximum Gasteiger partial charge on any atom is 0.271 e. The van der Waals surface area contributed by atoms with Gasteiger partial charge in [0.05, 0.1) is 17.2 Å². The van der Waals surface area contributed by atoms with Crippen molar-refractivity contribution in [1.29, 1.82) is 0 Å². The Kier molecular flexibility index (Phi) is 6.36. The van der Waals surface area contributed by atoms with E-state index in [1.807, 2.05) is 38.1 Å². The van der Waals surface area contributed by atoms with Crippen molar-refractivity contribution in [3.8, 4) is 11.5 Å². The summed E-state index contributed by atoms with van der Waals surface area (Å²) in [5, 5.41) is 11.2. The second-order valence-electron chi connectivity index (χ2n) is 7.38. The fraction of sp³-hybridized carbons (Fsp3) is 0.409. The number of nitro benzene ring substituents is 1. The minimum absolute atomic E-state index is 0.0123. The maximum atomic E-state index is 12.9. The number of hydrogen-bond donors (Lipinski definition) is 0. The van der Waals surface area contributed by atoms with Gasteiger partial charge in [-0.3, -0.25) is 14.9 Å². The number of carbonyl (C=O) groups excluding carboxylic acids is 1. The minimum Gasteiger partial charge on any atom is -0.494 e. The van der Waals surface area contributed by atoms with Gasteiger partial charge in [-0.1, -0.05) is 32.9 Å². The van der Waals surface area contributed by atoms with Crippen LogP contribution in [-0.2, 0) is 11.2 Å². The summed E-state index contributed by atoms with van der Waals surface area (Å²) in [4.78, 5) is 25.2. The molecule has 0 aromatic heterocycles. The number of fused-ring (bicyclic) bond motifs is 1. The minimum atomic E-state index is -0.605. The molecule has 1 aliphatic heterocycles. The summed E-state index contributed by atoms with van der Waals surface area (Å²) in [5.41, 5.74) is 1.61. The molecule has 0 aliphatic carbocycles. The lowest BCUT2D eigenvalue weighted by atomic mass is 10.0. The van der Waals surface area contributed by atoms with E-state index in [4.69, 9.17) is 9.47 Å². The van der Waals surface area contributed by atoms with Crippen molar-refractivity contribution in [2.24, 2.45) is 5.92 Å². The van der Waals surface area contributed by atoms with Crippen molar-refractivity contribution in [2.45, 2.75) is 39.7 Å². The van der Waals surface area contributed by atoms with Gasteiger partial charge in [-0.05, 0) is 42.5 Å². The van der Waals surface area contributed by atoms with E-state index in [0.29, 0.717) is 31.0 Å². The van der Waals surface area contributed by atoms with Gasteiger partial charge in [0, 0.05) is 18.7 Å². The van der Waals surface area contributed by atoms with E-state index in [-0.39, 0.29) is 17.5 Å². The lowest BCUT2D eigenvalue weighted by Gasteiger charge is -2.35. The van der Waals surface area contributed by atoms with Crippen LogP contribution in [-0.4, -0.2) is 30.1 Å². The molecule has 2 aromatic rings. The summed E-state index contributed by atoms with van der Waals surface area (Å²) in [6.07, 6.45) is 0.961. The van der Waals surface area contributed by atoms with Crippen LogP contribution in [0.15, 0.2) is 42.5 Å². The average molecular weight is 398 g/mol. The van der Waals surface area contributed by atoms with E-state index in [2.05, 4.69) is 6.92 Å². The Balaban J connectivity index is 1.71. The molecule has 154 valence electrons. The number of amides is 1. The molecule has 0 N–H and O–H groups in total. The standard InChI is InChI=1S/C22H26N2O5/c1-4-16-6-9-18(10-7-16)28-13-5-12-23-19-14-17(24(26)27)8-11-20(19)29-21(15(2)3)22(23)25/h6-11,14-15,21H,4-5,12-13H2,1-3H3. The Hall–Kier alpha value is -3.09. The van der Waals surface area contributed by atoms with Gasteiger partial charge in [-0.15, -0.1) is 0 Å². The summed E-state index contributed by atoms with van der Waals surface area (Å²) in [6.45, 7) is 6.77. The molecule has 1 heterocycles. The van der Waals surface area contributed by atoms with Gasteiger partial charge in [-0.25, -0.2) is 0 Å². The van der Waals surface area contributed by atoms with E-state index in [0.717, 1.165) is 12.2 Å². The number of carbonyl (C=O) groups is 1. The normalized spacial score (nSPS) is 15.8. The van der Waals surface area contributed by atoms with Crippen LogP contribution in [0.1, 0.15) is 32.8 Å². The summed E-state index contributed by atoms with van der Waals surface area (Å²) < 4.78 is 11.6. The Morgan fingerprint density at radius 1 is 1.21 bits per heavy atom. The van der Waals surface area contributed by atoms with E-state index < -0.39 is 11.0 Å². The number of benzene rings is 2. The van der Waals surface area contributed by atoms with Crippen LogP contribution in [0.3, 0.4) is 0 Å². The second kappa shape index (κ2) is 8.94. The van der Waals surface area contributed by atoms with Crippen molar-refractivity contribution in [3.05, 3.63) is 58.1 Å². The fourth-order valence-electron chi connectivity index (χ4n) is 3.28. The summed E-state index contributed by atoms with van der Waals surface area (Å²) in [6, 6.07) is 12.3. The van der Waals surface area contributed by atoms with Gasteiger partial charge in [0.25, 0.3) is 11.6 Å². The molecule has 0 radical (unpaired) electrons. The quantitative estimate of drug-likeness (QED) is 0.374. The van der Waals surface area contributed by atoms with Gasteiger partial charge in [0.2, 0.25) is 0 Å². The van der Waals surface area contributed by atoms with Crippen molar-refractivity contribution in [3.63, 3.8) is 0 Å². The van der Waals surface area contributed by atoms with Crippen LogP contribution >= 0.6 is 0 Å². The third kappa shape index (κ3) is 4.67. The summed E-state index contributed by atoms with van der Waals surface area (Å²) in [7, 11) is 0. The summed E-state index contributed by atoms with van der Waals surface area (Å²) >= 11 is 0. The molecule has 0 fully saturated rings. The highest BCUT2D eigenvalue weighted by atomic mass is 16.6. The van der Waals surface area contributed by atoms with Crippen molar-refractivity contribution >= 4 is 17.3 Å². The first-order valence-corrected chi connectivity index (χ1v) is 9.89. The zero-order valence-corrected chi connectivity index (χ0v) is 17.0. The first-order valence-electron chi connectivity index (χ1n) is 9.89. The number of rotatable bonds is 8. The molecule has 0 bridgehead atoms.